The topological polar surface area (TPSA) is 140 Å². The average Bonchev–Trinajstić information content (AvgIpc) is 3.16. The summed E-state index contributed by atoms with van der Waals surface area (Å²) < 4.78 is 56.0. The Balaban J connectivity index is 2.00. The third-order valence-corrected chi connectivity index (χ3v) is 7.05. The van der Waals surface area contributed by atoms with E-state index in [0.717, 1.165) is 12.3 Å². The van der Waals surface area contributed by atoms with E-state index >= 15 is 0 Å². The van der Waals surface area contributed by atoms with Crippen LogP contribution in [0.2, 0.25) is 5.02 Å². The third-order valence-electron chi connectivity index (χ3n) is 6.17. The Kier molecular flexibility index (Phi) is 8.59. The normalized spacial score (nSPS) is 12.6. The number of carbonyl (C=O) groups is 1. The number of nitrogens with one attached hydrogen (secondary N) is 1. The molecule has 1 amide bonds. The maximum Gasteiger partial charge on any atom is 0.231 e. The lowest BCUT2D eigenvalue weighted by Crippen LogP contribution is -2.19. The van der Waals surface area contributed by atoms with E-state index in [9.17, 15) is 27.1 Å². The molecule has 4 N–H and O–H groups in total. The summed E-state index contributed by atoms with van der Waals surface area (Å²) in [5.41, 5.74) is 6.68. The number of rotatable bonds is 8. The van der Waals surface area contributed by atoms with E-state index in [1.165, 1.54) is 30.7 Å². The molecule has 0 fully saturated rings. The van der Waals surface area contributed by atoms with Gasteiger partial charge in [0.1, 0.15) is 22.9 Å². The highest BCUT2D eigenvalue weighted by Crippen LogP contribution is 2.40. The second-order valence-electron chi connectivity index (χ2n) is 10.5. The summed E-state index contributed by atoms with van der Waals surface area (Å²) in [5, 5.41) is 15.0. The van der Waals surface area contributed by atoms with Gasteiger partial charge in [-0.25, -0.2) is 22.2 Å². The van der Waals surface area contributed by atoms with Crippen molar-refractivity contribution in [2.45, 2.75) is 38.2 Å². The molecule has 0 aliphatic heterocycles. The number of amides is 1. The van der Waals surface area contributed by atoms with Gasteiger partial charge in [0.05, 0.1) is 27.9 Å². The van der Waals surface area contributed by atoms with Gasteiger partial charge in [-0.2, -0.15) is 5.10 Å². The van der Waals surface area contributed by atoms with Crippen LogP contribution >= 0.6 is 11.6 Å². The molecular weight excluding hydrogens is 588 g/mol. The van der Waals surface area contributed by atoms with Gasteiger partial charge < -0.3 is 10.8 Å². The molecule has 220 valence electrons. The van der Waals surface area contributed by atoms with E-state index in [4.69, 9.17) is 22.3 Å². The Labute approximate surface area is 246 Å². The van der Waals surface area contributed by atoms with Gasteiger partial charge in [0.15, 0.2) is 5.82 Å². The predicted molar refractivity (Wildman–Crippen MR) is 157 cm³/mol. The van der Waals surface area contributed by atoms with Crippen molar-refractivity contribution in [3.05, 3.63) is 76.1 Å². The molecular formula is C29H28ClF2N5O4S. The number of nitrogens with zero attached hydrogens (tertiary/aromatic N) is 3. The molecule has 0 radical (unpaired) electrons. The van der Waals surface area contributed by atoms with E-state index in [-0.39, 0.29) is 34.9 Å². The second-order valence-corrected chi connectivity index (χ2v) is 12.6. The molecule has 0 aliphatic rings. The van der Waals surface area contributed by atoms with Crippen LogP contribution in [0.25, 0.3) is 22.0 Å². The molecule has 0 aliphatic carbocycles. The van der Waals surface area contributed by atoms with Crippen molar-refractivity contribution < 1.29 is 27.1 Å². The van der Waals surface area contributed by atoms with Crippen molar-refractivity contribution >= 4 is 44.3 Å². The molecule has 4 aromatic rings. The van der Waals surface area contributed by atoms with Gasteiger partial charge in [-0.15, -0.1) is 0 Å². The standard InChI is InChI=1S/C29H28ClF2N5O4S/c1-29(2,39)10-9-20-5-6-21(22-7-8-23(30)25-27(22)37(3)35-28(25)36-42(4,40)41)26(34-20)17(14-24(33)38)11-16-12-18(31)15-19(32)13-16/h5-8,12-13,15,17,39H,11,14H2,1-4H3,(H2,33,38)(H,35,36)/t17-/m0/s1. The minimum absolute atomic E-state index is 0.00297. The number of benzene rings is 2. The molecule has 0 saturated carbocycles. The minimum Gasteiger partial charge on any atom is -0.378 e. The average molecular weight is 616 g/mol. The summed E-state index contributed by atoms with van der Waals surface area (Å²) in [4.78, 5) is 17.0. The number of carbonyl (C=O) groups excluding carboxylic acids is 1. The first-order chi connectivity index (χ1) is 19.5. The van der Waals surface area contributed by atoms with Crippen LogP contribution in [0.5, 0.6) is 0 Å². The molecule has 1 atom stereocenters. The van der Waals surface area contributed by atoms with Crippen molar-refractivity contribution in [3.63, 3.8) is 0 Å². The quantitative estimate of drug-likeness (QED) is 0.253. The van der Waals surface area contributed by atoms with Gasteiger partial charge in [0, 0.05) is 36.6 Å². The van der Waals surface area contributed by atoms with Crippen molar-refractivity contribution in [3.8, 4) is 23.0 Å². The van der Waals surface area contributed by atoms with Crippen molar-refractivity contribution in [2.75, 3.05) is 11.0 Å². The fourth-order valence-electron chi connectivity index (χ4n) is 4.66. The van der Waals surface area contributed by atoms with E-state index < -0.39 is 39.1 Å². The van der Waals surface area contributed by atoms with Gasteiger partial charge in [-0.05, 0) is 62.1 Å². The number of nitrogens with two attached hydrogens (primary N) is 1. The van der Waals surface area contributed by atoms with Crippen molar-refractivity contribution in [1.29, 1.82) is 0 Å². The molecule has 9 nitrogen and oxygen atoms in total. The van der Waals surface area contributed by atoms with Crippen molar-refractivity contribution in [2.24, 2.45) is 12.8 Å². The van der Waals surface area contributed by atoms with Crippen LogP contribution in [0.1, 0.15) is 43.1 Å². The summed E-state index contributed by atoms with van der Waals surface area (Å²) in [6, 6.07) is 9.67. The third kappa shape index (κ3) is 7.42. The molecule has 4 rings (SSSR count). The van der Waals surface area contributed by atoms with Gasteiger partial charge in [-0.1, -0.05) is 23.6 Å². The largest absolute Gasteiger partial charge is 0.378 e. The Morgan fingerprint density at radius 1 is 1.17 bits per heavy atom. The highest BCUT2D eigenvalue weighted by Gasteiger charge is 2.26. The summed E-state index contributed by atoms with van der Waals surface area (Å²) in [6.07, 6.45) is 0.775. The summed E-state index contributed by atoms with van der Waals surface area (Å²) in [6.45, 7) is 3.03. The smallest absolute Gasteiger partial charge is 0.231 e. The summed E-state index contributed by atoms with van der Waals surface area (Å²) in [5.74, 6) is 2.56. The fourth-order valence-corrected chi connectivity index (χ4v) is 5.40. The van der Waals surface area contributed by atoms with Crippen LogP contribution in [-0.2, 0) is 28.3 Å². The van der Waals surface area contributed by atoms with Crippen LogP contribution in [0.3, 0.4) is 0 Å². The molecule has 13 heteroatoms. The highest BCUT2D eigenvalue weighted by molar-refractivity contribution is 7.92. The second kappa shape index (κ2) is 11.7. The minimum atomic E-state index is -3.70. The molecule has 0 bridgehead atoms. The lowest BCUT2D eigenvalue weighted by Gasteiger charge is -2.20. The fraction of sp³-hybridized carbons (Fsp3) is 0.276. The molecule has 2 aromatic carbocycles. The number of hydrogen-bond donors (Lipinski definition) is 3. The first-order valence-electron chi connectivity index (χ1n) is 12.6. The zero-order chi connectivity index (χ0) is 31.0. The Bertz CT molecular complexity index is 1850. The van der Waals surface area contributed by atoms with Crippen LogP contribution in [-0.4, -0.2) is 46.1 Å². The van der Waals surface area contributed by atoms with Crippen LogP contribution in [0.15, 0.2) is 42.5 Å². The SMILES string of the molecule is Cn1nc(NS(C)(=O)=O)c2c(Cl)ccc(-c3ccc(C#CC(C)(C)O)nc3[C@H](CC(N)=O)Cc3cc(F)cc(F)c3)c21. The monoisotopic (exact) mass is 615 g/mol. The van der Waals surface area contributed by atoms with Gasteiger partial charge in [0.25, 0.3) is 0 Å². The maximum atomic E-state index is 14.1. The number of aromatic nitrogens is 3. The zero-order valence-electron chi connectivity index (χ0n) is 23.2. The van der Waals surface area contributed by atoms with Gasteiger partial charge in [0.2, 0.25) is 15.9 Å². The molecule has 2 heterocycles. The zero-order valence-corrected chi connectivity index (χ0v) is 24.7. The van der Waals surface area contributed by atoms with Crippen LogP contribution in [0, 0.1) is 23.5 Å². The molecule has 0 saturated heterocycles. The number of halogens is 3. The van der Waals surface area contributed by atoms with E-state index in [0.29, 0.717) is 27.7 Å². The van der Waals surface area contributed by atoms with Crippen molar-refractivity contribution in [1.82, 2.24) is 14.8 Å². The van der Waals surface area contributed by atoms with E-state index in [1.54, 1.807) is 31.3 Å². The lowest BCUT2D eigenvalue weighted by atomic mass is 9.87. The first kappa shape index (κ1) is 30.9. The van der Waals surface area contributed by atoms with E-state index in [1.807, 2.05) is 0 Å². The molecule has 0 unspecified atom stereocenters. The summed E-state index contributed by atoms with van der Waals surface area (Å²) in [7, 11) is -2.08. The number of primary amides is 1. The Morgan fingerprint density at radius 3 is 2.40 bits per heavy atom. The first-order valence-corrected chi connectivity index (χ1v) is 14.9. The summed E-state index contributed by atoms with van der Waals surface area (Å²) >= 11 is 6.50. The Hall–Kier alpha value is -4.05. The number of hydrogen-bond acceptors (Lipinski definition) is 6. The lowest BCUT2D eigenvalue weighted by molar-refractivity contribution is -0.118. The van der Waals surface area contributed by atoms with Crippen LogP contribution < -0.4 is 10.5 Å². The maximum absolute atomic E-state index is 14.1. The van der Waals surface area contributed by atoms with E-state index in [2.05, 4.69) is 21.7 Å². The highest BCUT2D eigenvalue weighted by atomic mass is 35.5. The van der Waals surface area contributed by atoms with Gasteiger partial charge in [-0.3, -0.25) is 14.2 Å². The number of aryl methyl sites for hydroxylation is 1. The molecule has 42 heavy (non-hydrogen) atoms. The number of anilines is 1. The van der Waals surface area contributed by atoms with Crippen LogP contribution in [0.4, 0.5) is 14.6 Å². The Morgan fingerprint density at radius 2 is 1.81 bits per heavy atom. The van der Waals surface area contributed by atoms with Gasteiger partial charge >= 0.3 is 0 Å². The molecule has 2 aromatic heterocycles. The predicted octanol–water partition coefficient (Wildman–Crippen LogP) is 4.26. The number of aliphatic hydroxyl groups is 1. The number of pyridine rings is 1. The number of sulfonamides is 1. The number of fused-ring (bicyclic) bond motifs is 1. The molecule has 0 spiro atoms.